The third-order valence-electron chi connectivity index (χ3n) is 3.39. The second-order valence-electron chi connectivity index (χ2n) is 7.40. The van der Waals surface area contributed by atoms with Gasteiger partial charge in [-0.15, -0.1) is 0 Å². The van der Waals surface area contributed by atoms with E-state index in [1.807, 2.05) is 12.1 Å². The molecule has 0 aromatic heterocycles. The SMILES string of the molecule is COP(=O)(O)Cc1cc(C(C)(C)C)cc(C(C)(C)C)c1. The highest BCUT2D eigenvalue weighted by molar-refractivity contribution is 7.51. The fourth-order valence-corrected chi connectivity index (χ4v) is 2.72. The first-order valence-electron chi connectivity index (χ1n) is 6.88. The topological polar surface area (TPSA) is 46.5 Å². The summed E-state index contributed by atoms with van der Waals surface area (Å²) in [5, 5.41) is 0. The number of hydrogen-bond acceptors (Lipinski definition) is 2. The van der Waals surface area contributed by atoms with Crippen LogP contribution in [0.5, 0.6) is 0 Å². The van der Waals surface area contributed by atoms with Crippen LogP contribution in [0.25, 0.3) is 0 Å². The second-order valence-corrected chi connectivity index (χ2v) is 9.35. The summed E-state index contributed by atoms with van der Waals surface area (Å²) in [5.41, 5.74) is 3.22. The Morgan fingerprint density at radius 2 is 1.40 bits per heavy atom. The van der Waals surface area contributed by atoms with E-state index in [4.69, 9.17) is 4.52 Å². The van der Waals surface area contributed by atoms with Gasteiger partial charge in [-0.05, 0) is 27.5 Å². The summed E-state index contributed by atoms with van der Waals surface area (Å²) in [7, 11) is -2.26. The van der Waals surface area contributed by atoms with Gasteiger partial charge in [-0.25, -0.2) is 0 Å². The smallest absolute Gasteiger partial charge is 0.324 e. The van der Waals surface area contributed by atoms with Crippen molar-refractivity contribution in [2.24, 2.45) is 0 Å². The van der Waals surface area contributed by atoms with Gasteiger partial charge in [-0.3, -0.25) is 4.57 Å². The Morgan fingerprint density at radius 3 is 1.70 bits per heavy atom. The Kier molecular flexibility index (Phi) is 4.91. The van der Waals surface area contributed by atoms with Gasteiger partial charge in [0.05, 0.1) is 6.16 Å². The number of rotatable bonds is 3. The van der Waals surface area contributed by atoms with Crippen LogP contribution in [-0.4, -0.2) is 12.0 Å². The molecule has 1 N–H and O–H groups in total. The molecule has 0 radical (unpaired) electrons. The molecule has 3 nitrogen and oxygen atoms in total. The predicted molar refractivity (Wildman–Crippen MR) is 84.4 cm³/mol. The van der Waals surface area contributed by atoms with Crippen molar-refractivity contribution in [2.75, 3.05) is 7.11 Å². The minimum absolute atomic E-state index is 0.00251. The normalized spacial score (nSPS) is 16.0. The molecule has 0 aliphatic heterocycles. The highest BCUT2D eigenvalue weighted by atomic mass is 31.2. The molecule has 1 unspecified atom stereocenters. The third kappa shape index (κ3) is 4.73. The maximum absolute atomic E-state index is 11.8. The van der Waals surface area contributed by atoms with Gasteiger partial charge in [-0.2, -0.15) is 0 Å². The molecular weight excluding hydrogens is 271 g/mol. The predicted octanol–water partition coefficient (Wildman–Crippen LogP) is 4.61. The van der Waals surface area contributed by atoms with Crippen LogP contribution in [0, 0.1) is 0 Å². The summed E-state index contributed by atoms with van der Waals surface area (Å²) in [5.74, 6) is 0. The minimum atomic E-state index is -3.54. The van der Waals surface area contributed by atoms with Crippen molar-refractivity contribution < 1.29 is 14.0 Å². The van der Waals surface area contributed by atoms with E-state index in [2.05, 4.69) is 47.6 Å². The van der Waals surface area contributed by atoms with Crippen LogP contribution in [-0.2, 0) is 26.1 Å². The molecule has 1 aromatic rings. The second kappa shape index (κ2) is 5.63. The summed E-state index contributed by atoms with van der Waals surface area (Å²) >= 11 is 0. The average molecular weight is 298 g/mol. The maximum atomic E-state index is 11.8. The summed E-state index contributed by atoms with van der Waals surface area (Å²) < 4.78 is 16.5. The lowest BCUT2D eigenvalue weighted by Gasteiger charge is -2.26. The molecular formula is C16H27O3P. The van der Waals surface area contributed by atoms with E-state index in [1.54, 1.807) is 0 Å². The van der Waals surface area contributed by atoms with Gasteiger partial charge < -0.3 is 9.42 Å². The first kappa shape index (κ1) is 17.4. The summed E-state index contributed by atoms with van der Waals surface area (Å²) in [4.78, 5) is 9.70. The van der Waals surface area contributed by atoms with E-state index in [9.17, 15) is 9.46 Å². The van der Waals surface area contributed by atoms with E-state index in [0.29, 0.717) is 0 Å². The monoisotopic (exact) mass is 298 g/mol. The van der Waals surface area contributed by atoms with Crippen LogP contribution in [0.1, 0.15) is 58.2 Å². The van der Waals surface area contributed by atoms with Crippen LogP contribution < -0.4 is 0 Å². The molecule has 0 fully saturated rings. The molecule has 0 saturated carbocycles. The first-order chi connectivity index (χ1) is 8.85. The zero-order valence-corrected chi connectivity index (χ0v) is 14.5. The van der Waals surface area contributed by atoms with Gasteiger partial charge in [0.1, 0.15) is 0 Å². The van der Waals surface area contributed by atoms with Crippen molar-refractivity contribution in [1.82, 2.24) is 0 Å². The van der Waals surface area contributed by atoms with Gasteiger partial charge in [0.25, 0.3) is 0 Å². The average Bonchev–Trinajstić information content (AvgIpc) is 2.25. The van der Waals surface area contributed by atoms with Crippen LogP contribution in [0.15, 0.2) is 18.2 Å². The van der Waals surface area contributed by atoms with Gasteiger partial charge in [-0.1, -0.05) is 59.7 Å². The summed E-state index contributed by atoms with van der Waals surface area (Å²) in [6, 6.07) is 6.22. The van der Waals surface area contributed by atoms with Crippen LogP contribution in [0.2, 0.25) is 0 Å². The Balaban J connectivity index is 3.35. The van der Waals surface area contributed by atoms with E-state index in [0.717, 1.165) is 5.56 Å². The lowest BCUT2D eigenvalue weighted by Crippen LogP contribution is -2.17. The standard InChI is InChI=1S/C16H27O3P/c1-15(2,3)13-8-12(11-20(17,18)19-7)9-14(10-13)16(4,5)6/h8-10H,11H2,1-7H3,(H,17,18). The van der Waals surface area contributed by atoms with E-state index >= 15 is 0 Å². The van der Waals surface area contributed by atoms with E-state index < -0.39 is 7.60 Å². The van der Waals surface area contributed by atoms with E-state index in [-0.39, 0.29) is 17.0 Å². The van der Waals surface area contributed by atoms with Gasteiger partial charge in [0.15, 0.2) is 0 Å². The molecule has 0 aliphatic rings. The molecule has 0 bridgehead atoms. The Labute approximate surface area is 122 Å². The van der Waals surface area contributed by atoms with Crippen molar-refractivity contribution in [3.63, 3.8) is 0 Å². The molecule has 0 amide bonds. The van der Waals surface area contributed by atoms with Crippen molar-refractivity contribution in [3.8, 4) is 0 Å². The first-order valence-corrected chi connectivity index (χ1v) is 8.64. The van der Waals surface area contributed by atoms with Crippen molar-refractivity contribution in [1.29, 1.82) is 0 Å². The highest BCUT2D eigenvalue weighted by Crippen LogP contribution is 2.45. The van der Waals surface area contributed by atoms with E-state index in [1.165, 1.54) is 18.2 Å². The van der Waals surface area contributed by atoms with Gasteiger partial charge in [0, 0.05) is 7.11 Å². The van der Waals surface area contributed by atoms with Crippen molar-refractivity contribution in [3.05, 3.63) is 34.9 Å². The maximum Gasteiger partial charge on any atom is 0.332 e. The molecule has 114 valence electrons. The molecule has 20 heavy (non-hydrogen) atoms. The molecule has 1 atom stereocenters. The Morgan fingerprint density at radius 1 is 1.00 bits per heavy atom. The molecule has 0 saturated heterocycles. The minimum Gasteiger partial charge on any atom is -0.324 e. The van der Waals surface area contributed by atoms with Crippen LogP contribution >= 0.6 is 7.60 Å². The molecule has 4 heteroatoms. The third-order valence-corrected chi connectivity index (χ3v) is 4.73. The molecule has 1 aromatic carbocycles. The largest absolute Gasteiger partial charge is 0.332 e. The van der Waals surface area contributed by atoms with Crippen molar-refractivity contribution >= 4 is 7.60 Å². The molecule has 1 rings (SSSR count). The quantitative estimate of drug-likeness (QED) is 0.829. The zero-order valence-electron chi connectivity index (χ0n) is 13.7. The van der Waals surface area contributed by atoms with Gasteiger partial charge in [0.2, 0.25) is 0 Å². The van der Waals surface area contributed by atoms with Gasteiger partial charge >= 0.3 is 7.60 Å². The molecule has 0 heterocycles. The molecule has 0 spiro atoms. The fourth-order valence-electron chi connectivity index (χ4n) is 1.94. The summed E-state index contributed by atoms with van der Waals surface area (Å²) in [6.45, 7) is 12.9. The van der Waals surface area contributed by atoms with Crippen molar-refractivity contribution in [2.45, 2.75) is 58.5 Å². The lowest BCUT2D eigenvalue weighted by molar-refractivity contribution is 0.314. The van der Waals surface area contributed by atoms with Crippen LogP contribution in [0.4, 0.5) is 0 Å². The molecule has 0 aliphatic carbocycles. The zero-order chi connectivity index (χ0) is 15.8. The number of benzene rings is 1. The summed E-state index contributed by atoms with van der Waals surface area (Å²) in [6.07, 6.45) is 0.0521. The highest BCUT2D eigenvalue weighted by Gasteiger charge is 2.24. The Hall–Kier alpha value is -0.630. The van der Waals surface area contributed by atoms with Crippen LogP contribution in [0.3, 0.4) is 0 Å². The fraction of sp³-hybridized carbons (Fsp3) is 0.625. The lowest BCUT2D eigenvalue weighted by atomic mass is 9.80. The Bertz CT molecular complexity index is 489. The number of hydrogen-bond donors (Lipinski definition) is 1.